The zero-order valence-corrected chi connectivity index (χ0v) is 6.26. The monoisotopic (exact) mass is 145 g/mol. The zero-order chi connectivity index (χ0) is 7.84. The molecule has 0 saturated heterocycles. The summed E-state index contributed by atoms with van der Waals surface area (Å²) in [6, 6.07) is 5.97. The molecule has 0 bridgehead atoms. The number of nitrogens with two attached hydrogens (primary N) is 1. The van der Waals surface area contributed by atoms with Crippen LogP contribution in [0.25, 0.3) is 10.9 Å². The van der Waals surface area contributed by atoms with Crippen LogP contribution in [-0.2, 0) is 0 Å². The Bertz CT molecular complexity index is 393. The molecule has 0 unspecified atom stereocenters. The molecular weight excluding hydrogens is 137 g/mol. The van der Waals surface area contributed by atoms with Crippen molar-refractivity contribution in [2.75, 3.05) is 5.73 Å². The lowest BCUT2D eigenvalue weighted by Crippen LogP contribution is -2.03. The molecule has 0 atom stereocenters. The average molecular weight is 145 g/mol. The van der Waals surface area contributed by atoms with Crippen LogP contribution in [-0.4, -0.2) is 18.0 Å². The Morgan fingerprint density at radius 2 is 2.27 bits per heavy atom. The number of nitrogens with zero attached hydrogens (tertiary/aromatic N) is 1. The minimum Gasteiger partial charge on any atom is -0.382 e. The Kier molecular flexibility index (Phi) is 1.15. The first kappa shape index (κ1) is 6.28. The Morgan fingerprint density at radius 1 is 1.45 bits per heavy atom. The summed E-state index contributed by atoms with van der Waals surface area (Å²) in [4.78, 5) is 0. The zero-order valence-electron chi connectivity index (χ0n) is 6.26. The molecule has 4 heteroatoms. The van der Waals surface area contributed by atoms with Gasteiger partial charge >= 0.3 is 0 Å². The normalized spacial score (nSPS) is 10.5. The molecule has 2 aromatic rings. The van der Waals surface area contributed by atoms with E-state index in [-0.39, 0.29) is 0 Å². The second-order valence-electron chi connectivity index (χ2n) is 2.61. The predicted molar refractivity (Wildman–Crippen MR) is 48.7 cm³/mol. The van der Waals surface area contributed by atoms with Crippen molar-refractivity contribution in [3.63, 3.8) is 0 Å². The maximum Gasteiger partial charge on any atom is 0.152 e. The van der Waals surface area contributed by atoms with Gasteiger partial charge in [-0.05, 0) is 6.07 Å². The molecule has 3 N–H and O–H groups in total. The lowest BCUT2D eigenvalue weighted by atomic mass is 9.92. The van der Waals surface area contributed by atoms with E-state index in [1.807, 2.05) is 26.0 Å². The summed E-state index contributed by atoms with van der Waals surface area (Å²) in [6.45, 7) is 0. The number of fused-ring (bicyclic) bond motifs is 1. The fourth-order valence-electron chi connectivity index (χ4n) is 1.28. The molecule has 54 valence electrons. The van der Waals surface area contributed by atoms with Crippen LogP contribution in [0.1, 0.15) is 0 Å². The van der Waals surface area contributed by atoms with Gasteiger partial charge in [0.05, 0.1) is 5.52 Å². The fourth-order valence-corrected chi connectivity index (χ4v) is 1.28. The van der Waals surface area contributed by atoms with Crippen LogP contribution in [0, 0.1) is 0 Å². The number of benzene rings is 1. The summed E-state index contributed by atoms with van der Waals surface area (Å²) >= 11 is 0. The van der Waals surface area contributed by atoms with Gasteiger partial charge in [0.15, 0.2) is 5.82 Å². The molecule has 0 saturated carbocycles. The molecule has 0 fully saturated rings. The summed E-state index contributed by atoms with van der Waals surface area (Å²) < 4.78 is 0. The van der Waals surface area contributed by atoms with Gasteiger partial charge in [0.1, 0.15) is 7.85 Å². The molecule has 2 rings (SSSR count). The van der Waals surface area contributed by atoms with Crippen LogP contribution in [0.15, 0.2) is 18.2 Å². The molecule has 11 heavy (non-hydrogen) atoms. The summed E-state index contributed by atoms with van der Waals surface area (Å²) in [5.41, 5.74) is 7.80. The van der Waals surface area contributed by atoms with E-state index in [2.05, 4.69) is 10.2 Å². The Morgan fingerprint density at radius 3 is 3.00 bits per heavy atom. The molecule has 3 nitrogen and oxygen atoms in total. The Hall–Kier alpha value is -1.45. The van der Waals surface area contributed by atoms with Crippen molar-refractivity contribution in [2.45, 2.75) is 0 Å². The van der Waals surface area contributed by atoms with Crippen LogP contribution in [0.2, 0.25) is 0 Å². The van der Waals surface area contributed by atoms with E-state index in [9.17, 15) is 0 Å². The summed E-state index contributed by atoms with van der Waals surface area (Å²) in [7, 11) is 2.02. The van der Waals surface area contributed by atoms with Gasteiger partial charge in [-0.15, -0.1) is 0 Å². The number of H-pyrrole nitrogens is 1. The molecule has 0 radical (unpaired) electrons. The highest BCUT2D eigenvalue weighted by molar-refractivity contribution is 6.39. The Labute approximate surface area is 65.0 Å². The SMILES string of the molecule is Bc1cccc2[nH]nc(N)c12. The molecule has 1 aromatic carbocycles. The Balaban J connectivity index is 2.96. The first-order chi connectivity index (χ1) is 5.29. The van der Waals surface area contributed by atoms with Crippen molar-refractivity contribution in [3.05, 3.63) is 18.2 Å². The van der Waals surface area contributed by atoms with E-state index in [0.717, 1.165) is 16.4 Å². The highest BCUT2D eigenvalue weighted by atomic mass is 15.1. The number of nitrogens with one attached hydrogen (secondary N) is 1. The average Bonchev–Trinajstić information content (AvgIpc) is 2.34. The highest BCUT2D eigenvalue weighted by Gasteiger charge is 2.02. The van der Waals surface area contributed by atoms with Crippen LogP contribution >= 0.6 is 0 Å². The number of aromatic nitrogens is 2. The third-order valence-corrected chi connectivity index (χ3v) is 1.83. The second kappa shape index (κ2) is 2.02. The molecule has 0 aliphatic heterocycles. The molecule has 1 aromatic heterocycles. The molecule has 0 aliphatic carbocycles. The topological polar surface area (TPSA) is 54.7 Å². The number of anilines is 1. The van der Waals surface area contributed by atoms with Gasteiger partial charge in [-0.3, -0.25) is 5.10 Å². The molecule has 1 heterocycles. The van der Waals surface area contributed by atoms with Gasteiger partial charge < -0.3 is 5.73 Å². The first-order valence-electron chi connectivity index (χ1n) is 3.48. The molecular formula is C7H8BN3. The van der Waals surface area contributed by atoms with E-state index >= 15 is 0 Å². The number of hydrogen-bond donors (Lipinski definition) is 2. The number of rotatable bonds is 0. The minimum atomic E-state index is 0.582. The molecule has 0 amide bonds. The maximum atomic E-state index is 5.63. The number of aromatic amines is 1. The van der Waals surface area contributed by atoms with Crippen molar-refractivity contribution in [2.24, 2.45) is 0 Å². The largest absolute Gasteiger partial charge is 0.382 e. The van der Waals surface area contributed by atoms with E-state index in [1.165, 1.54) is 0 Å². The van der Waals surface area contributed by atoms with Crippen LogP contribution in [0.4, 0.5) is 5.82 Å². The summed E-state index contributed by atoms with van der Waals surface area (Å²) in [6.07, 6.45) is 0. The van der Waals surface area contributed by atoms with Crippen molar-refractivity contribution in [1.29, 1.82) is 0 Å². The van der Waals surface area contributed by atoms with E-state index < -0.39 is 0 Å². The smallest absolute Gasteiger partial charge is 0.152 e. The van der Waals surface area contributed by atoms with Crippen molar-refractivity contribution in [3.8, 4) is 0 Å². The van der Waals surface area contributed by atoms with Gasteiger partial charge in [-0.2, -0.15) is 5.10 Å². The standard InChI is InChI=1S/C7H8BN3/c8-4-2-1-3-5-6(4)7(9)11-10-5/h1-3H,8H2,(H3,9,10,11). The molecule has 0 aliphatic rings. The third-order valence-electron chi connectivity index (χ3n) is 1.83. The lowest BCUT2D eigenvalue weighted by molar-refractivity contribution is 1.13. The second-order valence-corrected chi connectivity index (χ2v) is 2.61. The fraction of sp³-hybridized carbons (Fsp3) is 0. The maximum absolute atomic E-state index is 5.63. The van der Waals surface area contributed by atoms with Crippen molar-refractivity contribution >= 4 is 30.0 Å². The summed E-state index contributed by atoms with van der Waals surface area (Å²) in [5.74, 6) is 0.582. The number of nitrogen functional groups attached to an aromatic ring is 1. The predicted octanol–water partition coefficient (Wildman–Crippen LogP) is -0.597. The minimum absolute atomic E-state index is 0.582. The van der Waals surface area contributed by atoms with E-state index in [1.54, 1.807) is 0 Å². The van der Waals surface area contributed by atoms with Gasteiger partial charge in [0.2, 0.25) is 0 Å². The van der Waals surface area contributed by atoms with E-state index in [0.29, 0.717) is 5.82 Å². The quantitative estimate of drug-likeness (QED) is 0.486. The molecule has 0 spiro atoms. The van der Waals surface area contributed by atoms with Crippen LogP contribution in [0.5, 0.6) is 0 Å². The van der Waals surface area contributed by atoms with Gasteiger partial charge in [-0.1, -0.05) is 17.6 Å². The van der Waals surface area contributed by atoms with Crippen LogP contribution in [0.3, 0.4) is 0 Å². The lowest BCUT2D eigenvalue weighted by Gasteiger charge is -1.93. The van der Waals surface area contributed by atoms with E-state index in [4.69, 9.17) is 5.73 Å². The van der Waals surface area contributed by atoms with Crippen molar-refractivity contribution < 1.29 is 0 Å². The number of hydrogen-bond acceptors (Lipinski definition) is 2. The van der Waals surface area contributed by atoms with Gasteiger partial charge in [-0.25, -0.2) is 0 Å². The summed E-state index contributed by atoms with van der Waals surface area (Å²) in [5, 5.41) is 7.80. The highest BCUT2D eigenvalue weighted by Crippen LogP contribution is 2.13. The van der Waals surface area contributed by atoms with Gasteiger partial charge in [0, 0.05) is 5.39 Å². The van der Waals surface area contributed by atoms with Crippen LogP contribution < -0.4 is 11.2 Å². The van der Waals surface area contributed by atoms with Gasteiger partial charge in [0.25, 0.3) is 0 Å². The third kappa shape index (κ3) is 0.791. The first-order valence-corrected chi connectivity index (χ1v) is 3.48. The van der Waals surface area contributed by atoms with Crippen molar-refractivity contribution in [1.82, 2.24) is 10.2 Å².